The molecule has 3 rings (SSSR count). The third-order valence-electron chi connectivity index (χ3n) is 6.23. The molecule has 0 atom stereocenters. The quantitative estimate of drug-likeness (QED) is 0.620. The van der Waals surface area contributed by atoms with Gasteiger partial charge in [0.25, 0.3) is 5.91 Å². The first-order valence-electron chi connectivity index (χ1n) is 10.5. The Morgan fingerprint density at radius 1 is 1.14 bits per heavy atom. The van der Waals surface area contributed by atoms with E-state index in [9.17, 15) is 9.59 Å². The number of methoxy groups -OCH3 is 1. The molecular weight excluding hydrogens is 392 g/mol. The average molecular weight is 425 g/mol. The Balaban J connectivity index is 0.00000300. The number of carbonyl (C=O) groups excluding carboxylic acids is 1. The van der Waals surface area contributed by atoms with Crippen LogP contribution in [0.2, 0.25) is 0 Å². The van der Waals surface area contributed by atoms with Gasteiger partial charge in [-0.2, -0.15) is 0 Å². The molecule has 29 heavy (non-hydrogen) atoms. The van der Waals surface area contributed by atoms with Gasteiger partial charge in [-0.15, -0.1) is 12.4 Å². The van der Waals surface area contributed by atoms with Crippen molar-refractivity contribution in [1.82, 2.24) is 10.6 Å². The largest absolute Gasteiger partial charge is 0.496 e. The van der Waals surface area contributed by atoms with Crippen LogP contribution in [0.4, 0.5) is 0 Å². The number of benzene rings is 1. The third-order valence-corrected chi connectivity index (χ3v) is 6.23. The van der Waals surface area contributed by atoms with Crippen molar-refractivity contribution < 1.29 is 19.4 Å². The van der Waals surface area contributed by atoms with Gasteiger partial charge in [-0.05, 0) is 87.6 Å². The standard InChI is InChI=1S/C22H32N2O4.ClH/c1-28-20-14-17(16-10-12-23-13-11-16)5-8-19(20)22(27)24-18-6-2-15(3-7-18)4-9-21(25)26;/h5,8,14-16,18,23H,2-4,6-7,9-13H2,1H3,(H,24,27)(H,25,26);1H. The molecule has 1 aromatic carbocycles. The van der Waals surface area contributed by atoms with Gasteiger partial charge < -0.3 is 20.5 Å². The fourth-order valence-electron chi connectivity index (χ4n) is 4.49. The highest BCUT2D eigenvalue weighted by molar-refractivity contribution is 5.97. The lowest BCUT2D eigenvalue weighted by Gasteiger charge is -2.29. The van der Waals surface area contributed by atoms with Crippen LogP contribution in [0.5, 0.6) is 5.75 Å². The molecule has 0 aromatic heterocycles. The van der Waals surface area contributed by atoms with E-state index in [2.05, 4.69) is 16.7 Å². The van der Waals surface area contributed by atoms with Gasteiger partial charge in [-0.1, -0.05) is 6.07 Å². The van der Waals surface area contributed by atoms with E-state index in [1.165, 1.54) is 5.56 Å². The number of piperidine rings is 1. The Labute approximate surface area is 179 Å². The SMILES string of the molecule is COc1cc(C2CCNCC2)ccc1C(=O)NC1CCC(CCC(=O)O)CC1.Cl. The summed E-state index contributed by atoms with van der Waals surface area (Å²) in [7, 11) is 1.62. The van der Waals surface area contributed by atoms with Crippen molar-refractivity contribution in [3.63, 3.8) is 0 Å². The zero-order valence-corrected chi connectivity index (χ0v) is 17.9. The number of carboxylic acid groups (broad SMARTS) is 1. The lowest BCUT2D eigenvalue weighted by atomic mass is 9.83. The molecule has 1 heterocycles. The van der Waals surface area contributed by atoms with Crippen LogP contribution in [-0.2, 0) is 4.79 Å². The van der Waals surface area contributed by atoms with Crippen LogP contribution in [0.3, 0.4) is 0 Å². The number of ether oxygens (including phenoxy) is 1. The fraction of sp³-hybridized carbons (Fsp3) is 0.636. The van der Waals surface area contributed by atoms with Crippen molar-refractivity contribution in [1.29, 1.82) is 0 Å². The van der Waals surface area contributed by atoms with Crippen LogP contribution >= 0.6 is 12.4 Å². The molecule has 6 nitrogen and oxygen atoms in total. The fourth-order valence-corrected chi connectivity index (χ4v) is 4.49. The van der Waals surface area contributed by atoms with E-state index >= 15 is 0 Å². The molecule has 1 aromatic rings. The normalized spacial score (nSPS) is 22.4. The molecule has 0 unspecified atom stereocenters. The summed E-state index contributed by atoms with van der Waals surface area (Å²) in [6.07, 6.45) is 6.97. The van der Waals surface area contributed by atoms with Crippen molar-refractivity contribution >= 4 is 24.3 Å². The molecule has 0 radical (unpaired) electrons. The Kier molecular flexibility index (Phi) is 9.24. The highest BCUT2D eigenvalue weighted by Gasteiger charge is 2.25. The highest BCUT2D eigenvalue weighted by Crippen LogP contribution is 2.31. The molecule has 3 N–H and O–H groups in total. The van der Waals surface area contributed by atoms with Gasteiger partial charge in [0, 0.05) is 12.5 Å². The first-order valence-corrected chi connectivity index (χ1v) is 10.5. The Morgan fingerprint density at radius 2 is 1.83 bits per heavy atom. The molecule has 2 fully saturated rings. The van der Waals surface area contributed by atoms with E-state index in [0.717, 1.165) is 58.0 Å². The van der Waals surface area contributed by atoms with Crippen LogP contribution in [-0.4, -0.2) is 43.2 Å². The molecule has 2 aliphatic rings. The minimum atomic E-state index is -0.726. The predicted molar refractivity (Wildman–Crippen MR) is 115 cm³/mol. The van der Waals surface area contributed by atoms with Crippen molar-refractivity contribution in [2.24, 2.45) is 5.92 Å². The molecule has 7 heteroatoms. The van der Waals surface area contributed by atoms with Gasteiger partial charge in [0.15, 0.2) is 0 Å². The van der Waals surface area contributed by atoms with E-state index in [0.29, 0.717) is 23.1 Å². The van der Waals surface area contributed by atoms with Crippen molar-refractivity contribution in [2.45, 2.75) is 63.3 Å². The van der Waals surface area contributed by atoms with Crippen LogP contribution in [0, 0.1) is 5.92 Å². The lowest BCUT2D eigenvalue weighted by molar-refractivity contribution is -0.137. The van der Waals surface area contributed by atoms with Gasteiger partial charge in [-0.3, -0.25) is 9.59 Å². The number of halogens is 1. The monoisotopic (exact) mass is 424 g/mol. The Bertz CT molecular complexity index is 683. The van der Waals surface area contributed by atoms with Crippen LogP contribution in [0.25, 0.3) is 0 Å². The molecular formula is C22H33ClN2O4. The van der Waals surface area contributed by atoms with Crippen LogP contribution in [0.15, 0.2) is 18.2 Å². The van der Waals surface area contributed by atoms with Crippen LogP contribution < -0.4 is 15.4 Å². The lowest BCUT2D eigenvalue weighted by Crippen LogP contribution is -2.37. The Morgan fingerprint density at radius 3 is 2.45 bits per heavy atom. The first-order chi connectivity index (χ1) is 13.6. The molecule has 1 amide bonds. The molecule has 1 aliphatic carbocycles. The average Bonchev–Trinajstić information content (AvgIpc) is 2.73. The van der Waals surface area contributed by atoms with Gasteiger partial charge in [0.1, 0.15) is 5.75 Å². The van der Waals surface area contributed by atoms with Gasteiger partial charge in [0.05, 0.1) is 12.7 Å². The second-order valence-electron chi connectivity index (χ2n) is 8.11. The molecule has 1 aliphatic heterocycles. The predicted octanol–water partition coefficient (Wildman–Crippen LogP) is 3.74. The number of nitrogens with one attached hydrogen (secondary N) is 2. The summed E-state index contributed by atoms with van der Waals surface area (Å²) >= 11 is 0. The second-order valence-corrected chi connectivity index (χ2v) is 8.11. The van der Waals surface area contributed by atoms with E-state index in [1.54, 1.807) is 7.11 Å². The number of rotatable bonds is 7. The van der Waals surface area contributed by atoms with Gasteiger partial charge >= 0.3 is 5.97 Å². The van der Waals surface area contributed by atoms with Crippen molar-refractivity contribution in [3.05, 3.63) is 29.3 Å². The number of hydrogen-bond acceptors (Lipinski definition) is 4. The van der Waals surface area contributed by atoms with Crippen LogP contribution in [0.1, 0.15) is 73.2 Å². The number of amides is 1. The third kappa shape index (κ3) is 6.61. The number of hydrogen-bond donors (Lipinski definition) is 3. The van der Waals surface area contributed by atoms with E-state index in [-0.39, 0.29) is 30.8 Å². The maximum Gasteiger partial charge on any atom is 0.303 e. The number of carboxylic acids is 1. The topological polar surface area (TPSA) is 87.7 Å². The smallest absolute Gasteiger partial charge is 0.303 e. The maximum atomic E-state index is 12.8. The Hall–Kier alpha value is -1.79. The molecule has 0 spiro atoms. The minimum absolute atomic E-state index is 0. The summed E-state index contributed by atoms with van der Waals surface area (Å²) in [5, 5.41) is 15.4. The van der Waals surface area contributed by atoms with E-state index in [4.69, 9.17) is 9.84 Å². The van der Waals surface area contributed by atoms with Crippen molar-refractivity contribution in [3.8, 4) is 5.75 Å². The maximum absolute atomic E-state index is 12.8. The summed E-state index contributed by atoms with van der Waals surface area (Å²) in [5.41, 5.74) is 1.84. The number of aliphatic carboxylic acids is 1. The second kappa shape index (κ2) is 11.4. The summed E-state index contributed by atoms with van der Waals surface area (Å²) in [5.74, 6) is 0.818. The van der Waals surface area contributed by atoms with E-state index < -0.39 is 5.97 Å². The zero-order valence-electron chi connectivity index (χ0n) is 17.1. The summed E-state index contributed by atoms with van der Waals surface area (Å²) in [4.78, 5) is 23.5. The molecule has 1 saturated heterocycles. The highest BCUT2D eigenvalue weighted by atomic mass is 35.5. The summed E-state index contributed by atoms with van der Waals surface area (Å²) in [6.45, 7) is 2.06. The number of carbonyl (C=O) groups is 2. The first kappa shape index (κ1) is 23.5. The van der Waals surface area contributed by atoms with Crippen molar-refractivity contribution in [2.75, 3.05) is 20.2 Å². The van der Waals surface area contributed by atoms with Gasteiger partial charge in [-0.25, -0.2) is 0 Å². The van der Waals surface area contributed by atoms with Gasteiger partial charge in [0.2, 0.25) is 0 Å². The molecule has 162 valence electrons. The molecule has 1 saturated carbocycles. The molecule has 0 bridgehead atoms. The van der Waals surface area contributed by atoms with E-state index in [1.807, 2.05) is 12.1 Å². The summed E-state index contributed by atoms with van der Waals surface area (Å²) in [6, 6.07) is 6.14. The minimum Gasteiger partial charge on any atom is -0.496 e. The summed E-state index contributed by atoms with van der Waals surface area (Å²) < 4.78 is 5.53. The zero-order chi connectivity index (χ0) is 19.9.